The molecule has 1 saturated carbocycles. The van der Waals surface area contributed by atoms with Gasteiger partial charge in [0, 0.05) is 12.3 Å². The van der Waals surface area contributed by atoms with Gasteiger partial charge in [0.05, 0.1) is 0 Å². The summed E-state index contributed by atoms with van der Waals surface area (Å²) >= 11 is 0. The van der Waals surface area contributed by atoms with Crippen LogP contribution in [0.1, 0.15) is 58.3 Å². The van der Waals surface area contributed by atoms with Crippen molar-refractivity contribution in [3.05, 3.63) is 0 Å². The Kier molecular flexibility index (Phi) is 5.92. The quantitative estimate of drug-likeness (QED) is 0.710. The van der Waals surface area contributed by atoms with Gasteiger partial charge in [0.15, 0.2) is 0 Å². The molecule has 0 aromatic carbocycles. The first-order valence-electron chi connectivity index (χ1n) is 6.50. The van der Waals surface area contributed by atoms with Crippen LogP contribution in [0.2, 0.25) is 0 Å². The van der Waals surface area contributed by atoms with Crippen LogP contribution in [0.4, 0.5) is 0 Å². The second-order valence-corrected chi connectivity index (χ2v) is 4.87. The molecule has 0 aromatic rings. The molecular weight excluding hydrogens is 186 g/mol. The molecule has 0 saturated heterocycles. The van der Waals surface area contributed by atoms with Gasteiger partial charge in [-0.25, -0.2) is 0 Å². The highest BCUT2D eigenvalue weighted by molar-refractivity contribution is 5.81. The fourth-order valence-electron chi connectivity index (χ4n) is 2.45. The second kappa shape index (κ2) is 7.00. The van der Waals surface area contributed by atoms with Gasteiger partial charge in [-0.15, -0.1) is 0 Å². The summed E-state index contributed by atoms with van der Waals surface area (Å²) in [5, 5.41) is 0. The molecule has 2 N–H and O–H groups in total. The highest BCUT2D eigenvalue weighted by Crippen LogP contribution is 2.25. The third-order valence-corrected chi connectivity index (χ3v) is 3.71. The van der Waals surface area contributed by atoms with Gasteiger partial charge in [0.25, 0.3) is 0 Å². The number of rotatable bonds is 5. The Hall–Kier alpha value is -0.370. The molecule has 2 nitrogen and oxygen atoms in total. The van der Waals surface area contributed by atoms with E-state index in [0.717, 1.165) is 25.7 Å². The molecule has 1 aliphatic rings. The first kappa shape index (κ1) is 12.7. The molecule has 1 rings (SSSR count). The Morgan fingerprint density at radius 2 is 1.87 bits per heavy atom. The van der Waals surface area contributed by atoms with Gasteiger partial charge in [-0.05, 0) is 25.3 Å². The van der Waals surface area contributed by atoms with Crippen LogP contribution in [0.3, 0.4) is 0 Å². The van der Waals surface area contributed by atoms with Gasteiger partial charge < -0.3 is 5.73 Å². The maximum Gasteiger partial charge on any atom is 0.136 e. The maximum absolute atomic E-state index is 12.0. The van der Waals surface area contributed by atoms with E-state index in [4.69, 9.17) is 5.73 Å². The summed E-state index contributed by atoms with van der Waals surface area (Å²) in [5.41, 5.74) is 5.64. The third kappa shape index (κ3) is 4.33. The van der Waals surface area contributed by atoms with Crippen molar-refractivity contribution >= 4 is 5.78 Å². The average molecular weight is 211 g/mol. The molecule has 0 heterocycles. The van der Waals surface area contributed by atoms with Crippen LogP contribution < -0.4 is 5.73 Å². The van der Waals surface area contributed by atoms with E-state index in [-0.39, 0.29) is 0 Å². The zero-order valence-corrected chi connectivity index (χ0v) is 10.0. The van der Waals surface area contributed by atoms with Crippen molar-refractivity contribution in [3.63, 3.8) is 0 Å². The van der Waals surface area contributed by atoms with Gasteiger partial charge in [-0.2, -0.15) is 0 Å². The van der Waals surface area contributed by atoms with E-state index in [2.05, 4.69) is 6.92 Å². The van der Waals surface area contributed by atoms with Gasteiger partial charge in [0.2, 0.25) is 0 Å². The second-order valence-electron chi connectivity index (χ2n) is 4.87. The van der Waals surface area contributed by atoms with E-state index in [9.17, 15) is 4.79 Å². The summed E-state index contributed by atoms with van der Waals surface area (Å²) in [6, 6.07) is 0. The highest BCUT2D eigenvalue weighted by Gasteiger charge is 2.21. The summed E-state index contributed by atoms with van der Waals surface area (Å²) in [4.78, 5) is 12.0. The number of ketones is 1. The molecule has 15 heavy (non-hydrogen) atoms. The van der Waals surface area contributed by atoms with Crippen LogP contribution in [0.25, 0.3) is 0 Å². The Labute approximate surface area is 93.6 Å². The molecule has 0 aromatic heterocycles. The predicted molar refractivity (Wildman–Crippen MR) is 63.7 cm³/mol. The van der Waals surface area contributed by atoms with Crippen molar-refractivity contribution in [1.29, 1.82) is 0 Å². The Balaban J connectivity index is 2.36. The lowest BCUT2D eigenvalue weighted by molar-refractivity contribution is -0.124. The van der Waals surface area contributed by atoms with Gasteiger partial charge >= 0.3 is 0 Å². The zero-order chi connectivity index (χ0) is 11.1. The fourth-order valence-corrected chi connectivity index (χ4v) is 2.45. The number of carbonyl (C=O) groups excluding carboxylic acids is 1. The lowest BCUT2D eigenvalue weighted by Gasteiger charge is -2.16. The summed E-state index contributed by atoms with van der Waals surface area (Å²) < 4.78 is 0. The standard InChI is InChI=1S/C13H25NO/c1-2-11(10-14)9-13(15)12-7-5-3-4-6-8-12/h11-12H,2-10,14H2,1H3. The number of nitrogens with two attached hydrogens (primary N) is 1. The van der Waals surface area contributed by atoms with Crippen LogP contribution >= 0.6 is 0 Å². The molecule has 0 spiro atoms. The van der Waals surface area contributed by atoms with Crippen molar-refractivity contribution in [2.75, 3.05) is 6.54 Å². The number of Topliss-reactive ketones (excluding diaryl/α,β-unsaturated/α-hetero) is 1. The van der Waals surface area contributed by atoms with Crippen molar-refractivity contribution in [3.8, 4) is 0 Å². The van der Waals surface area contributed by atoms with Crippen LogP contribution in [0.5, 0.6) is 0 Å². The minimum absolute atomic E-state index is 0.355. The molecule has 0 amide bonds. The van der Waals surface area contributed by atoms with Crippen molar-refractivity contribution < 1.29 is 4.79 Å². The SMILES string of the molecule is CCC(CN)CC(=O)C1CCCCCC1. The molecular formula is C13H25NO. The van der Waals surface area contributed by atoms with Crippen LogP contribution in [0.15, 0.2) is 0 Å². The number of hydrogen-bond acceptors (Lipinski definition) is 2. The Bertz CT molecular complexity index is 179. The summed E-state index contributed by atoms with van der Waals surface area (Å²) in [6.07, 6.45) is 9.13. The van der Waals surface area contributed by atoms with Gasteiger partial charge in [-0.3, -0.25) is 4.79 Å². The lowest BCUT2D eigenvalue weighted by atomic mass is 9.88. The number of hydrogen-bond donors (Lipinski definition) is 1. The molecule has 2 heteroatoms. The molecule has 1 unspecified atom stereocenters. The van der Waals surface area contributed by atoms with Gasteiger partial charge in [0.1, 0.15) is 5.78 Å². The summed E-state index contributed by atoms with van der Waals surface area (Å²) in [6.45, 7) is 2.78. The van der Waals surface area contributed by atoms with Crippen LogP contribution in [-0.2, 0) is 4.79 Å². The normalized spacial score (nSPS) is 20.9. The lowest BCUT2D eigenvalue weighted by Crippen LogP contribution is -2.22. The van der Waals surface area contributed by atoms with Crippen molar-refractivity contribution in [2.24, 2.45) is 17.6 Å². The first-order chi connectivity index (χ1) is 7.27. The number of carbonyl (C=O) groups is 1. The molecule has 0 aliphatic heterocycles. The average Bonchev–Trinajstić information content (AvgIpc) is 2.54. The summed E-state index contributed by atoms with van der Waals surface area (Å²) in [5.74, 6) is 1.25. The Morgan fingerprint density at radius 3 is 2.33 bits per heavy atom. The molecule has 0 radical (unpaired) electrons. The predicted octanol–water partition coefficient (Wildman–Crippen LogP) is 2.90. The molecule has 88 valence electrons. The van der Waals surface area contributed by atoms with E-state index in [0.29, 0.717) is 24.2 Å². The molecule has 1 fully saturated rings. The van der Waals surface area contributed by atoms with Crippen LogP contribution in [0, 0.1) is 11.8 Å². The van der Waals surface area contributed by atoms with E-state index in [1.54, 1.807) is 0 Å². The van der Waals surface area contributed by atoms with Crippen molar-refractivity contribution in [1.82, 2.24) is 0 Å². The molecule has 0 bridgehead atoms. The minimum atomic E-state index is 0.355. The Morgan fingerprint density at radius 1 is 1.27 bits per heavy atom. The minimum Gasteiger partial charge on any atom is -0.330 e. The van der Waals surface area contributed by atoms with E-state index in [1.807, 2.05) is 0 Å². The van der Waals surface area contributed by atoms with E-state index >= 15 is 0 Å². The highest BCUT2D eigenvalue weighted by atomic mass is 16.1. The van der Waals surface area contributed by atoms with E-state index in [1.165, 1.54) is 25.7 Å². The van der Waals surface area contributed by atoms with Crippen LogP contribution in [-0.4, -0.2) is 12.3 Å². The zero-order valence-electron chi connectivity index (χ0n) is 10.0. The maximum atomic E-state index is 12.0. The topological polar surface area (TPSA) is 43.1 Å². The largest absolute Gasteiger partial charge is 0.330 e. The van der Waals surface area contributed by atoms with E-state index < -0.39 is 0 Å². The molecule has 1 aliphatic carbocycles. The fraction of sp³-hybridized carbons (Fsp3) is 0.923. The van der Waals surface area contributed by atoms with Crippen molar-refractivity contribution in [2.45, 2.75) is 58.3 Å². The van der Waals surface area contributed by atoms with Gasteiger partial charge in [-0.1, -0.05) is 39.0 Å². The smallest absolute Gasteiger partial charge is 0.136 e. The summed E-state index contributed by atoms with van der Waals surface area (Å²) in [7, 11) is 0. The monoisotopic (exact) mass is 211 g/mol. The third-order valence-electron chi connectivity index (χ3n) is 3.71. The molecule has 1 atom stereocenters. The first-order valence-corrected chi connectivity index (χ1v) is 6.50.